The molecule has 0 fully saturated rings. The van der Waals surface area contributed by atoms with Crippen molar-refractivity contribution in [3.8, 4) is 5.75 Å². The number of hydrogen-bond donors (Lipinski definition) is 0. The van der Waals surface area contributed by atoms with E-state index in [9.17, 15) is 4.79 Å². The van der Waals surface area contributed by atoms with E-state index < -0.39 is 0 Å². The van der Waals surface area contributed by atoms with Crippen molar-refractivity contribution in [2.24, 2.45) is 0 Å². The highest BCUT2D eigenvalue weighted by atomic mass is 16.5. The van der Waals surface area contributed by atoms with Gasteiger partial charge in [0.1, 0.15) is 5.75 Å². The molecule has 0 radical (unpaired) electrons. The van der Waals surface area contributed by atoms with Crippen molar-refractivity contribution >= 4 is 22.8 Å². The first-order valence-corrected chi connectivity index (χ1v) is 6.70. The van der Waals surface area contributed by atoms with Crippen molar-refractivity contribution in [3.63, 3.8) is 0 Å². The van der Waals surface area contributed by atoms with Crippen LogP contribution in [0.15, 0.2) is 66.4 Å². The van der Waals surface area contributed by atoms with Gasteiger partial charge < -0.3 is 4.74 Å². The Balaban J connectivity index is 1.76. The first-order valence-electron chi connectivity index (χ1n) is 6.70. The summed E-state index contributed by atoms with van der Waals surface area (Å²) in [6, 6.07) is 19.0. The van der Waals surface area contributed by atoms with Crippen LogP contribution in [0.4, 0.5) is 0 Å². The van der Waals surface area contributed by atoms with Crippen molar-refractivity contribution in [1.82, 2.24) is 4.98 Å². The van der Waals surface area contributed by atoms with Crippen LogP contribution in [0.5, 0.6) is 5.75 Å². The van der Waals surface area contributed by atoms with Gasteiger partial charge in [-0.05, 0) is 24.3 Å². The molecule has 0 amide bonds. The fraction of sp³-hybridized carbons (Fsp3) is 0. The van der Waals surface area contributed by atoms with Crippen LogP contribution in [0.25, 0.3) is 17.0 Å². The lowest BCUT2D eigenvalue weighted by molar-refractivity contribution is 0.101. The number of carbonyl (C=O) groups excluding carboxylic acids is 1. The summed E-state index contributed by atoms with van der Waals surface area (Å²) < 4.78 is 5.61. The summed E-state index contributed by atoms with van der Waals surface area (Å²) in [6.07, 6.45) is 1.69. The minimum Gasteiger partial charge on any atom is -0.452 e. The van der Waals surface area contributed by atoms with Gasteiger partial charge in [-0.1, -0.05) is 36.4 Å². The summed E-state index contributed by atoms with van der Waals surface area (Å²) in [7, 11) is 0. The molecule has 0 N–H and O–H groups in total. The number of carbonyl (C=O) groups is 1. The van der Waals surface area contributed by atoms with E-state index in [4.69, 9.17) is 4.74 Å². The molecule has 0 saturated carbocycles. The van der Waals surface area contributed by atoms with E-state index in [1.165, 1.54) is 0 Å². The van der Waals surface area contributed by atoms with Crippen LogP contribution in [-0.2, 0) is 0 Å². The van der Waals surface area contributed by atoms with E-state index in [1.54, 1.807) is 18.2 Å². The van der Waals surface area contributed by atoms with Crippen molar-refractivity contribution in [1.29, 1.82) is 0 Å². The third-order valence-corrected chi connectivity index (χ3v) is 3.47. The summed E-state index contributed by atoms with van der Waals surface area (Å²) >= 11 is 0. The predicted octanol–water partition coefficient (Wildman–Crippen LogP) is 3.85. The fourth-order valence-corrected chi connectivity index (χ4v) is 2.43. The minimum absolute atomic E-state index is 0.0967. The summed E-state index contributed by atoms with van der Waals surface area (Å²) in [5.41, 5.74) is 2.21. The van der Waals surface area contributed by atoms with E-state index in [-0.39, 0.29) is 5.78 Å². The smallest absolute Gasteiger partial charge is 0.232 e. The number of ether oxygens (including phenoxy) is 1. The maximum Gasteiger partial charge on any atom is 0.232 e. The molecule has 0 bridgehead atoms. The third kappa shape index (κ3) is 1.99. The highest BCUT2D eigenvalue weighted by Crippen LogP contribution is 2.31. The molecule has 0 saturated heterocycles. The Kier molecular flexibility index (Phi) is 2.57. The van der Waals surface area contributed by atoms with Crippen LogP contribution >= 0.6 is 0 Å². The zero-order valence-corrected chi connectivity index (χ0v) is 11.1. The van der Waals surface area contributed by atoms with Crippen LogP contribution in [0.2, 0.25) is 0 Å². The number of ketones is 1. The molecule has 100 valence electrons. The molecular formula is C18H11NO2. The lowest BCUT2D eigenvalue weighted by Gasteiger charge is -2.00. The SMILES string of the molecule is O=C1/C(=C/c2ccc3ccccc3n2)Oc2ccccc21. The normalized spacial score (nSPS) is 15.2. The number of benzene rings is 2. The average molecular weight is 273 g/mol. The Labute approximate surface area is 121 Å². The third-order valence-electron chi connectivity index (χ3n) is 3.47. The number of pyridine rings is 1. The van der Waals surface area contributed by atoms with Crippen LogP contribution < -0.4 is 4.74 Å². The maximum atomic E-state index is 12.2. The van der Waals surface area contributed by atoms with E-state index in [0.717, 1.165) is 10.9 Å². The van der Waals surface area contributed by atoms with Crippen LogP contribution in [-0.4, -0.2) is 10.8 Å². The van der Waals surface area contributed by atoms with Gasteiger partial charge in [0.25, 0.3) is 0 Å². The van der Waals surface area contributed by atoms with Crippen molar-refractivity contribution in [2.45, 2.75) is 0 Å². The van der Waals surface area contributed by atoms with Gasteiger partial charge >= 0.3 is 0 Å². The van der Waals surface area contributed by atoms with Gasteiger partial charge in [-0.2, -0.15) is 0 Å². The minimum atomic E-state index is -0.0967. The number of nitrogens with zero attached hydrogens (tertiary/aromatic N) is 1. The Morgan fingerprint density at radius 3 is 2.62 bits per heavy atom. The van der Waals surface area contributed by atoms with Crippen LogP contribution in [0, 0.1) is 0 Å². The molecule has 0 aliphatic carbocycles. The highest BCUT2D eigenvalue weighted by molar-refractivity contribution is 6.14. The van der Waals surface area contributed by atoms with E-state index in [2.05, 4.69) is 4.98 Å². The summed E-state index contributed by atoms with van der Waals surface area (Å²) in [5, 5.41) is 1.07. The van der Waals surface area contributed by atoms with Crippen LogP contribution in [0.1, 0.15) is 16.1 Å². The molecule has 0 spiro atoms. The quantitative estimate of drug-likeness (QED) is 0.632. The maximum absolute atomic E-state index is 12.2. The fourth-order valence-electron chi connectivity index (χ4n) is 2.43. The number of hydrogen-bond acceptors (Lipinski definition) is 3. The molecule has 2 aromatic carbocycles. The first-order chi connectivity index (χ1) is 10.3. The van der Waals surface area contributed by atoms with E-state index in [0.29, 0.717) is 22.8 Å². The lowest BCUT2D eigenvalue weighted by Crippen LogP contribution is -1.98. The summed E-state index contributed by atoms with van der Waals surface area (Å²) in [6.45, 7) is 0. The molecule has 1 aliphatic heterocycles. The van der Waals surface area contributed by atoms with Crippen molar-refractivity contribution in [3.05, 3.63) is 77.7 Å². The van der Waals surface area contributed by atoms with Gasteiger partial charge in [0.2, 0.25) is 5.78 Å². The second-order valence-electron chi connectivity index (χ2n) is 4.86. The van der Waals surface area contributed by atoms with Crippen molar-refractivity contribution in [2.75, 3.05) is 0 Å². The van der Waals surface area contributed by atoms with Crippen molar-refractivity contribution < 1.29 is 9.53 Å². The Morgan fingerprint density at radius 2 is 1.71 bits per heavy atom. The second-order valence-corrected chi connectivity index (χ2v) is 4.86. The molecule has 3 nitrogen and oxygen atoms in total. The monoisotopic (exact) mass is 273 g/mol. The Hall–Kier alpha value is -2.94. The summed E-state index contributed by atoms with van der Waals surface area (Å²) in [4.78, 5) is 16.8. The topological polar surface area (TPSA) is 39.2 Å². The molecular weight excluding hydrogens is 262 g/mol. The van der Waals surface area contributed by atoms with Gasteiger partial charge in [0.05, 0.1) is 16.8 Å². The van der Waals surface area contributed by atoms with Gasteiger partial charge in [-0.25, -0.2) is 4.98 Å². The second kappa shape index (κ2) is 4.56. The zero-order chi connectivity index (χ0) is 14.2. The largest absolute Gasteiger partial charge is 0.452 e. The van der Waals surface area contributed by atoms with Crippen LogP contribution in [0.3, 0.4) is 0 Å². The highest BCUT2D eigenvalue weighted by Gasteiger charge is 2.26. The number of Topliss-reactive ketones (excluding diaryl/α,β-unsaturated/α-hetero) is 1. The number of rotatable bonds is 1. The first kappa shape index (κ1) is 11.9. The standard InChI is InChI=1S/C18H11NO2/c20-18-14-6-2-4-8-16(14)21-17(18)11-13-10-9-12-5-1-3-7-15(12)19-13/h1-11H/b17-11-. The molecule has 0 unspecified atom stereocenters. The molecule has 21 heavy (non-hydrogen) atoms. The molecule has 2 heterocycles. The number of aromatic nitrogens is 1. The molecule has 4 rings (SSSR count). The van der Waals surface area contributed by atoms with Gasteiger partial charge in [-0.15, -0.1) is 0 Å². The number of para-hydroxylation sites is 2. The summed E-state index contributed by atoms with van der Waals surface area (Å²) in [5.74, 6) is 0.828. The molecule has 1 aromatic heterocycles. The average Bonchev–Trinajstić information content (AvgIpc) is 2.84. The Bertz CT molecular complexity index is 896. The van der Waals surface area contributed by atoms with E-state index in [1.807, 2.05) is 48.5 Å². The zero-order valence-electron chi connectivity index (χ0n) is 11.1. The molecule has 3 heteroatoms. The number of allylic oxidation sites excluding steroid dienone is 1. The number of fused-ring (bicyclic) bond motifs is 2. The van der Waals surface area contributed by atoms with E-state index >= 15 is 0 Å². The molecule has 1 aliphatic rings. The van der Waals surface area contributed by atoms with Gasteiger partial charge in [0, 0.05) is 11.5 Å². The predicted molar refractivity (Wildman–Crippen MR) is 81.1 cm³/mol. The molecule has 3 aromatic rings. The lowest BCUT2D eigenvalue weighted by atomic mass is 10.1. The van der Waals surface area contributed by atoms with Gasteiger partial charge in [-0.3, -0.25) is 4.79 Å². The Morgan fingerprint density at radius 1 is 0.905 bits per heavy atom. The van der Waals surface area contributed by atoms with Gasteiger partial charge in [0.15, 0.2) is 5.76 Å². The molecule has 0 atom stereocenters.